The predicted octanol–water partition coefficient (Wildman–Crippen LogP) is 3.41. The lowest BCUT2D eigenvalue weighted by Crippen LogP contribution is -2.11. The molecule has 0 saturated heterocycles. The Hall–Kier alpha value is -2.42. The quantitative estimate of drug-likeness (QED) is 0.717. The molecular weight excluding hydrogens is 260 g/mol. The first-order chi connectivity index (χ1) is 10.3. The maximum atomic E-state index is 12.3. The van der Waals surface area contributed by atoms with Gasteiger partial charge >= 0.3 is 0 Å². The van der Waals surface area contributed by atoms with Crippen LogP contribution in [0.5, 0.6) is 0 Å². The predicted molar refractivity (Wildman–Crippen MR) is 84.3 cm³/mol. The molecule has 0 aliphatic heterocycles. The lowest BCUT2D eigenvalue weighted by Gasteiger charge is -2.05. The number of rotatable bonds is 5. The van der Waals surface area contributed by atoms with Crippen molar-refractivity contribution >= 4 is 16.8 Å². The van der Waals surface area contributed by atoms with Gasteiger partial charge in [-0.1, -0.05) is 42.5 Å². The number of Topliss-reactive ketones (excluding diaryl/α,β-unsaturated/α-hetero) is 1. The number of fused-ring (bicyclic) bond motifs is 1. The van der Waals surface area contributed by atoms with Crippen LogP contribution < -0.4 is 0 Å². The molecule has 3 heteroatoms. The third-order valence-electron chi connectivity index (χ3n) is 3.65. The van der Waals surface area contributed by atoms with Gasteiger partial charge in [0.15, 0.2) is 0 Å². The summed E-state index contributed by atoms with van der Waals surface area (Å²) in [6.07, 6.45) is 0.852. The Morgan fingerprint density at radius 1 is 1.00 bits per heavy atom. The van der Waals surface area contributed by atoms with Gasteiger partial charge in [-0.15, -0.1) is 0 Å². The number of imidazole rings is 1. The molecule has 0 fully saturated rings. The van der Waals surface area contributed by atoms with Crippen LogP contribution in [0.4, 0.5) is 0 Å². The average Bonchev–Trinajstić information content (AvgIpc) is 2.85. The van der Waals surface area contributed by atoms with E-state index in [-0.39, 0.29) is 5.78 Å². The minimum absolute atomic E-state index is 0.200. The standard InChI is InChI=1S/C18H18N2O/c1-2-20-17-11-7-6-10-16(17)19-18(20)13-15(21)12-14-8-4-3-5-9-14/h3-11H,2,12-13H2,1H3. The van der Waals surface area contributed by atoms with E-state index in [4.69, 9.17) is 0 Å². The van der Waals surface area contributed by atoms with E-state index >= 15 is 0 Å². The topological polar surface area (TPSA) is 34.9 Å². The summed E-state index contributed by atoms with van der Waals surface area (Å²) in [4.78, 5) is 16.9. The second-order valence-corrected chi connectivity index (χ2v) is 5.14. The Bertz CT molecular complexity index is 759. The van der Waals surface area contributed by atoms with E-state index < -0.39 is 0 Å². The molecule has 1 aromatic heterocycles. The molecular formula is C18H18N2O. The summed E-state index contributed by atoms with van der Waals surface area (Å²) in [7, 11) is 0. The van der Waals surface area contributed by atoms with E-state index in [9.17, 15) is 4.79 Å². The zero-order valence-corrected chi connectivity index (χ0v) is 12.1. The van der Waals surface area contributed by atoms with Gasteiger partial charge in [-0.05, 0) is 24.6 Å². The van der Waals surface area contributed by atoms with E-state index in [1.165, 1.54) is 0 Å². The molecule has 0 aliphatic carbocycles. The van der Waals surface area contributed by atoms with Crippen molar-refractivity contribution in [3.05, 3.63) is 66.0 Å². The Labute approximate surface area is 124 Å². The number of aryl methyl sites for hydroxylation is 1. The lowest BCUT2D eigenvalue weighted by molar-refractivity contribution is -0.117. The third kappa shape index (κ3) is 2.87. The molecule has 2 aromatic carbocycles. The number of aromatic nitrogens is 2. The van der Waals surface area contributed by atoms with Gasteiger partial charge in [0, 0.05) is 13.0 Å². The van der Waals surface area contributed by atoms with Crippen LogP contribution >= 0.6 is 0 Å². The fraction of sp³-hybridized carbons (Fsp3) is 0.222. The normalized spacial score (nSPS) is 10.9. The summed E-state index contributed by atoms with van der Waals surface area (Å²) >= 11 is 0. The maximum Gasteiger partial charge on any atom is 0.144 e. The minimum Gasteiger partial charge on any atom is -0.328 e. The third-order valence-corrected chi connectivity index (χ3v) is 3.65. The molecule has 0 spiro atoms. The van der Waals surface area contributed by atoms with Crippen LogP contribution in [0.1, 0.15) is 18.3 Å². The van der Waals surface area contributed by atoms with E-state index in [1.807, 2.05) is 48.5 Å². The molecule has 3 nitrogen and oxygen atoms in total. The highest BCUT2D eigenvalue weighted by molar-refractivity contribution is 5.84. The number of nitrogens with zero attached hydrogens (tertiary/aromatic N) is 2. The summed E-state index contributed by atoms with van der Waals surface area (Å²) < 4.78 is 2.12. The summed E-state index contributed by atoms with van der Waals surface area (Å²) in [6, 6.07) is 17.9. The number of ketones is 1. The van der Waals surface area contributed by atoms with Gasteiger partial charge in [0.25, 0.3) is 0 Å². The molecule has 106 valence electrons. The SMILES string of the molecule is CCn1c(CC(=O)Cc2ccccc2)nc2ccccc21. The van der Waals surface area contributed by atoms with Crippen LogP contribution in [0, 0.1) is 0 Å². The molecule has 0 radical (unpaired) electrons. The van der Waals surface area contributed by atoms with E-state index in [2.05, 4.69) is 22.5 Å². The molecule has 0 saturated carbocycles. The molecule has 0 atom stereocenters. The number of hydrogen-bond donors (Lipinski definition) is 0. The van der Waals surface area contributed by atoms with Crippen molar-refractivity contribution in [3.63, 3.8) is 0 Å². The van der Waals surface area contributed by atoms with Gasteiger partial charge in [-0.2, -0.15) is 0 Å². The zero-order chi connectivity index (χ0) is 14.7. The van der Waals surface area contributed by atoms with Gasteiger partial charge in [-0.3, -0.25) is 4.79 Å². The summed E-state index contributed by atoms with van der Waals surface area (Å²) in [5, 5.41) is 0. The summed E-state index contributed by atoms with van der Waals surface area (Å²) in [5.74, 6) is 1.06. The highest BCUT2D eigenvalue weighted by Crippen LogP contribution is 2.16. The van der Waals surface area contributed by atoms with E-state index in [0.29, 0.717) is 12.8 Å². The van der Waals surface area contributed by atoms with Gasteiger partial charge < -0.3 is 4.57 Å². The molecule has 21 heavy (non-hydrogen) atoms. The molecule has 0 aliphatic rings. The first kappa shape index (κ1) is 13.6. The van der Waals surface area contributed by atoms with Crippen molar-refractivity contribution in [2.24, 2.45) is 0 Å². The van der Waals surface area contributed by atoms with Gasteiger partial charge in [-0.25, -0.2) is 4.98 Å². The Morgan fingerprint density at radius 3 is 2.48 bits per heavy atom. The van der Waals surface area contributed by atoms with Crippen LogP contribution in [-0.2, 0) is 24.2 Å². The average molecular weight is 278 g/mol. The first-order valence-electron chi connectivity index (χ1n) is 7.27. The molecule has 0 N–H and O–H groups in total. The van der Waals surface area contributed by atoms with E-state index in [0.717, 1.165) is 29.0 Å². The van der Waals surface area contributed by atoms with Crippen LogP contribution in [0.3, 0.4) is 0 Å². The second-order valence-electron chi connectivity index (χ2n) is 5.14. The van der Waals surface area contributed by atoms with Gasteiger partial charge in [0.05, 0.1) is 17.5 Å². The van der Waals surface area contributed by atoms with Crippen molar-refractivity contribution < 1.29 is 4.79 Å². The molecule has 3 aromatic rings. The van der Waals surface area contributed by atoms with Crippen molar-refractivity contribution in [1.82, 2.24) is 9.55 Å². The highest BCUT2D eigenvalue weighted by atomic mass is 16.1. The van der Waals surface area contributed by atoms with Crippen molar-refractivity contribution in [1.29, 1.82) is 0 Å². The molecule has 1 heterocycles. The Kier molecular flexibility index (Phi) is 3.82. The largest absolute Gasteiger partial charge is 0.328 e. The zero-order valence-electron chi connectivity index (χ0n) is 12.1. The number of para-hydroxylation sites is 2. The van der Waals surface area contributed by atoms with Crippen molar-refractivity contribution in [2.75, 3.05) is 0 Å². The van der Waals surface area contributed by atoms with E-state index in [1.54, 1.807) is 0 Å². The maximum absolute atomic E-state index is 12.3. The Balaban J connectivity index is 1.83. The highest BCUT2D eigenvalue weighted by Gasteiger charge is 2.13. The summed E-state index contributed by atoms with van der Waals surface area (Å²) in [5.41, 5.74) is 3.12. The fourth-order valence-electron chi connectivity index (χ4n) is 2.68. The molecule has 3 rings (SSSR count). The summed E-state index contributed by atoms with van der Waals surface area (Å²) in [6.45, 7) is 2.91. The number of benzene rings is 2. The fourth-order valence-corrected chi connectivity index (χ4v) is 2.68. The van der Waals surface area contributed by atoms with Gasteiger partial charge in [0.1, 0.15) is 11.6 Å². The number of hydrogen-bond acceptors (Lipinski definition) is 2. The lowest BCUT2D eigenvalue weighted by atomic mass is 10.1. The Morgan fingerprint density at radius 2 is 1.71 bits per heavy atom. The smallest absolute Gasteiger partial charge is 0.144 e. The van der Waals surface area contributed by atoms with Crippen molar-refractivity contribution in [3.8, 4) is 0 Å². The van der Waals surface area contributed by atoms with Crippen LogP contribution in [-0.4, -0.2) is 15.3 Å². The van der Waals surface area contributed by atoms with Crippen LogP contribution in [0.2, 0.25) is 0 Å². The van der Waals surface area contributed by atoms with Crippen LogP contribution in [0.25, 0.3) is 11.0 Å². The molecule has 0 amide bonds. The minimum atomic E-state index is 0.200. The van der Waals surface area contributed by atoms with Crippen LogP contribution in [0.15, 0.2) is 54.6 Å². The van der Waals surface area contributed by atoms with Crippen molar-refractivity contribution in [2.45, 2.75) is 26.3 Å². The number of carbonyl (C=O) groups is 1. The van der Waals surface area contributed by atoms with Gasteiger partial charge in [0.2, 0.25) is 0 Å². The number of carbonyl (C=O) groups excluding carboxylic acids is 1. The second kappa shape index (κ2) is 5.92. The molecule has 0 bridgehead atoms. The molecule has 0 unspecified atom stereocenters. The monoisotopic (exact) mass is 278 g/mol. The first-order valence-corrected chi connectivity index (χ1v) is 7.27.